The summed E-state index contributed by atoms with van der Waals surface area (Å²) in [6.45, 7) is 3.87. The highest BCUT2D eigenvalue weighted by atomic mass is 19.1. The van der Waals surface area contributed by atoms with Crippen molar-refractivity contribution in [3.05, 3.63) is 53.0 Å². The first-order valence-corrected chi connectivity index (χ1v) is 7.06. The Bertz CT molecular complexity index is 630. The number of halogens is 1. The molecule has 0 saturated carbocycles. The van der Waals surface area contributed by atoms with Crippen molar-refractivity contribution in [3.63, 3.8) is 0 Å². The van der Waals surface area contributed by atoms with Gasteiger partial charge in [0.2, 0.25) is 5.88 Å². The van der Waals surface area contributed by atoms with Gasteiger partial charge in [-0.2, -0.15) is 5.10 Å². The summed E-state index contributed by atoms with van der Waals surface area (Å²) in [7, 11) is 1.60. The van der Waals surface area contributed by atoms with Crippen LogP contribution in [0.5, 0.6) is 5.88 Å². The number of nitrogens with zero attached hydrogens (tertiary/aromatic N) is 3. The Morgan fingerprint density at radius 3 is 2.71 bits per heavy atom. The number of ether oxygens (including phenoxy) is 1. The Hall–Kier alpha value is -2.01. The highest BCUT2D eigenvalue weighted by Gasteiger charge is 2.23. The summed E-state index contributed by atoms with van der Waals surface area (Å²) in [5.74, 6) is 0.347. The number of hydrogen-bond acceptors (Lipinski definition) is 4. The first-order chi connectivity index (χ1) is 10.2. The highest BCUT2D eigenvalue weighted by Crippen LogP contribution is 2.27. The molecule has 0 N–H and O–H groups in total. The molecule has 0 saturated heterocycles. The van der Waals surface area contributed by atoms with Crippen molar-refractivity contribution in [2.24, 2.45) is 0 Å². The Morgan fingerprint density at radius 1 is 1.24 bits per heavy atom. The molecule has 0 bridgehead atoms. The molecule has 1 unspecified atom stereocenters. The minimum Gasteiger partial charge on any atom is -0.480 e. The number of methoxy groups -OCH3 is 1. The zero-order valence-corrected chi connectivity index (χ0v) is 12.2. The standard InChI is InChI=1S/C16H18FN3O/c1-11(12-3-5-14(17)6-4-12)20-8-7-15-13(10-20)9-16(21-2)19-18-15/h3-6,9,11H,7-8,10H2,1-2H3. The second-order valence-electron chi connectivity index (χ2n) is 5.31. The number of aromatic nitrogens is 2. The molecule has 1 aliphatic rings. The fourth-order valence-corrected chi connectivity index (χ4v) is 2.71. The molecule has 1 aliphatic heterocycles. The molecule has 1 aromatic heterocycles. The molecular weight excluding hydrogens is 269 g/mol. The SMILES string of the molecule is COc1cc2c(nn1)CCN(C(C)c1ccc(F)cc1)C2. The summed E-state index contributed by atoms with van der Waals surface area (Å²) in [6.07, 6.45) is 0.873. The van der Waals surface area contributed by atoms with Crippen molar-refractivity contribution >= 4 is 0 Å². The molecule has 0 spiro atoms. The van der Waals surface area contributed by atoms with Crippen molar-refractivity contribution < 1.29 is 9.13 Å². The molecule has 0 fully saturated rings. The normalized spacial score (nSPS) is 16.3. The van der Waals surface area contributed by atoms with Crippen LogP contribution in [0.25, 0.3) is 0 Å². The number of fused-ring (bicyclic) bond motifs is 1. The fourth-order valence-electron chi connectivity index (χ4n) is 2.71. The van der Waals surface area contributed by atoms with Crippen molar-refractivity contribution in [3.8, 4) is 5.88 Å². The topological polar surface area (TPSA) is 38.3 Å². The molecular formula is C16H18FN3O. The maximum absolute atomic E-state index is 13.0. The lowest BCUT2D eigenvalue weighted by atomic mass is 10.0. The third-order valence-corrected chi connectivity index (χ3v) is 4.06. The molecule has 2 heterocycles. The van der Waals surface area contributed by atoms with E-state index in [0.29, 0.717) is 5.88 Å². The lowest BCUT2D eigenvalue weighted by Gasteiger charge is -2.33. The summed E-state index contributed by atoms with van der Waals surface area (Å²) in [5.41, 5.74) is 3.31. The zero-order chi connectivity index (χ0) is 14.8. The average Bonchev–Trinajstić information content (AvgIpc) is 2.53. The predicted molar refractivity (Wildman–Crippen MR) is 77.5 cm³/mol. The average molecular weight is 287 g/mol. The Kier molecular flexibility index (Phi) is 3.84. The minimum absolute atomic E-state index is 0.199. The molecule has 0 amide bonds. The second-order valence-corrected chi connectivity index (χ2v) is 5.31. The number of rotatable bonds is 3. The first-order valence-electron chi connectivity index (χ1n) is 7.06. The maximum Gasteiger partial charge on any atom is 0.233 e. The molecule has 1 aromatic carbocycles. The van der Waals surface area contributed by atoms with Crippen molar-refractivity contribution in [1.82, 2.24) is 15.1 Å². The third kappa shape index (κ3) is 2.88. The van der Waals surface area contributed by atoms with E-state index in [4.69, 9.17) is 4.74 Å². The highest BCUT2D eigenvalue weighted by molar-refractivity contribution is 5.27. The van der Waals surface area contributed by atoms with Gasteiger partial charge in [0.1, 0.15) is 5.82 Å². The van der Waals surface area contributed by atoms with E-state index in [2.05, 4.69) is 22.0 Å². The van der Waals surface area contributed by atoms with Gasteiger partial charge in [0.05, 0.1) is 12.8 Å². The van der Waals surface area contributed by atoms with Crippen LogP contribution in [0.1, 0.15) is 29.8 Å². The van der Waals surface area contributed by atoms with E-state index in [1.807, 2.05) is 18.2 Å². The van der Waals surface area contributed by atoms with Crippen LogP contribution in [-0.4, -0.2) is 28.8 Å². The summed E-state index contributed by atoms with van der Waals surface area (Å²) in [5, 5.41) is 8.23. The molecule has 110 valence electrons. The van der Waals surface area contributed by atoms with Crippen molar-refractivity contribution in [2.75, 3.05) is 13.7 Å². The smallest absolute Gasteiger partial charge is 0.233 e. The molecule has 4 nitrogen and oxygen atoms in total. The molecule has 5 heteroatoms. The largest absolute Gasteiger partial charge is 0.480 e. The van der Waals surface area contributed by atoms with E-state index in [9.17, 15) is 4.39 Å². The number of hydrogen-bond donors (Lipinski definition) is 0. The van der Waals surface area contributed by atoms with E-state index in [-0.39, 0.29) is 11.9 Å². The monoisotopic (exact) mass is 287 g/mol. The summed E-state index contributed by atoms with van der Waals surface area (Å²) >= 11 is 0. The second kappa shape index (κ2) is 5.77. The molecule has 3 rings (SSSR count). The van der Waals surface area contributed by atoms with Gasteiger partial charge in [0, 0.05) is 31.6 Å². The van der Waals surface area contributed by atoms with E-state index in [1.54, 1.807) is 7.11 Å². The quantitative estimate of drug-likeness (QED) is 0.870. The van der Waals surface area contributed by atoms with Crippen LogP contribution in [0.2, 0.25) is 0 Å². The molecule has 0 radical (unpaired) electrons. The lowest BCUT2D eigenvalue weighted by Crippen LogP contribution is -2.33. The van der Waals surface area contributed by atoms with E-state index in [1.165, 1.54) is 12.1 Å². The van der Waals surface area contributed by atoms with Crippen LogP contribution in [0.15, 0.2) is 30.3 Å². The number of benzene rings is 1. The first kappa shape index (κ1) is 13.9. The van der Waals surface area contributed by atoms with Gasteiger partial charge >= 0.3 is 0 Å². The lowest BCUT2D eigenvalue weighted by molar-refractivity contribution is 0.189. The molecule has 21 heavy (non-hydrogen) atoms. The van der Waals surface area contributed by atoms with Crippen LogP contribution in [-0.2, 0) is 13.0 Å². The predicted octanol–water partition coefficient (Wildman–Crippen LogP) is 2.74. The molecule has 1 atom stereocenters. The van der Waals surface area contributed by atoms with Gasteiger partial charge in [0.25, 0.3) is 0 Å². The van der Waals surface area contributed by atoms with E-state index in [0.717, 1.165) is 36.3 Å². The fraction of sp³-hybridized carbons (Fsp3) is 0.375. The van der Waals surface area contributed by atoms with Crippen LogP contribution in [0, 0.1) is 5.82 Å². The maximum atomic E-state index is 13.0. The Morgan fingerprint density at radius 2 is 2.00 bits per heavy atom. The van der Waals surface area contributed by atoms with Crippen LogP contribution in [0.4, 0.5) is 4.39 Å². The molecule has 0 aliphatic carbocycles. The van der Waals surface area contributed by atoms with Gasteiger partial charge in [-0.25, -0.2) is 4.39 Å². The Labute approximate surface area is 123 Å². The minimum atomic E-state index is -0.199. The summed E-state index contributed by atoms with van der Waals surface area (Å²) < 4.78 is 18.2. The summed E-state index contributed by atoms with van der Waals surface area (Å²) in [4.78, 5) is 2.36. The van der Waals surface area contributed by atoms with Gasteiger partial charge in [-0.15, -0.1) is 5.10 Å². The van der Waals surface area contributed by atoms with Crippen LogP contribution >= 0.6 is 0 Å². The third-order valence-electron chi connectivity index (χ3n) is 4.06. The van der Waals surface area contributed by atoms with Crippen LogP contribution < -0.4 is 4.74 Å². The van der Waals surface area contributed by atoms with Crippen molar-refractivity contribution in [2.45, 2.75) is 25.9 Å². The van der Waals surface area contributed by atoms with E-state index < -0.39 is 0 Å². The van der Waals surface area contributed by atoms with E-state index >= 15 is 0 Å². The van der Waals surface area contributed by atoms with Crippen molar-refractivity contribution in [1.29, 1.82) is 0 Å². The van der Waals surface area contributed by atoms with Gasteiger partial charge in [-0.05, 0) is 30.2 Å². The van der Waals surface area contributed by atoms with Gasteiger partial charge in [0.15, 0.2) is 0 Å². The van der Waals surface area contributed by atoms with Gasteiger partial charge in [-0.3, -0.25) is 4.90 Å². The van der Waals surface area contributed by atoms with Gasteiger partial charge < -0.3 is 4.74 Å². The van der Waals surface area contributed by atoms with Gasteiger partial charge in [-0.1, -0.05) is 12.1 Å². The Balaban J connectivity index is 1.80. The van der Waals surface area contributed by atoms with Crippen LogP contribution in [0.3, 0.4) is 0 Å². The summed E-state index contributed by atoms with van der Waals surface area (Å²) in [6, 6.07) is 8.90. The molecule has 2 aromatic rings. The zero-order valence-electron chi connectivity index (χ0n) is 12.2.